The first-order valence-electron chi connectivity index (χ1n) is 8.24. The van der Waals surface area contributed by atoms with Crippen molar-refractivity contribution in [2.75, 3.05) is 6.61 Å². The zero-order valence-corrected chi connectivity index (χ0v) is 16.1. The summed E-state index contributed by atoms with van der Waals surface area (Å²) in [5.41, 5.74) is 0.559. The minimum Gasteiger partial charge on any atom is -0.493 e. The maximum absolute atomic E-state index is 12.9. The van der Waals surface area contributed by atoms with E-state index in [2.05, 4.69) is 0 Å². The van der Waals surface area contributed by atoms with Crippen LogP contribution in [0.1, 0.15) is 12.5 Å². The van der Waals surface area contributed by atoms with Gasteiger partial charge in [0.1, 0.15) is 16.7 Å². The highest BCUT2D eigenvalue weighted by atomic mass is 35.5. The third-order valence-electron chi connectivity index (χ3n) is 4.03. The molecule has 136 valence electrons. The number of allylic oxidation sites excluding steroid dienone is 1. The SMILES string of the molecule is CCOc1ccc2ccccc2c1/C=C(\C#N)S(=O)(=O)c1ccc(Cl)cc1. The molecule has 0 saturated carbocycles. The smallest absolute Gasteiger partial charge is 0.216 e. The monoisotopic (exact) mass is 397 g/mol. The van der Waals surface area contributed by atoms with Crippen molar-refractivity contribution >= 4 is 38.3 Å². The molecule has 0 aliphatic heterocycles. The Morgan fingerprint density at radius 3 is 2.48 bits per heavy atom. The number of hydrogen-bond acceptors (Lipinski definition) is 4. The van der Waals surface area contributed by atoms with Gasteiger partial charge in [0.05, 0.1) is 11.5 Å². The summed E-state index contributed by atoms with van der Waals surface area (Å²) in [5.74, 6) is 0.523. The van der Waals surface area contributed by atoms with Crippen LogP contribution in [0.3, 0.4) is 0 Å². The van der Waals surface area contributed by atoms with Crippen molar-refractivity contribution in [3.63, 3.8) is 0 Å². The van der Waals surface area contributed by atoms with Crippen LogP contribution in [-0.2, 0) is 9.84 Å². The molecule has 0 aromatic heterocycles. The maximum atomic E-state index is 12.9. The average molecular weight is 398 g/mol. The molecular formula is C21H16ClNO3S. The van der Waals surface area contributed by atoms with E-state index in [-0.39, 0.29) is 9.80 Å². The van der Waals surface area contributed by atoms with Crippen molar-refractivity contribution < 1.29 is 13.2 Å². The van der Waals surface area contributed by atoms with Gasteiger partial charge in [-0.1, -0.05) is 41.9 Å². The number of ether oxygens (including phenoxy) is 1. The van der Waals surface area contributed by atoms with Crippen molar-refractivity contribution in [2.24, 2.45) is 0 Å². The largest absolute Gasteiger partial charge is 0.493 e. The fourth-order valence-corrected chi connectivity index (χ4v) is 4.02. The number of nitriles is 1. The lowest BCUT2D eigenvalue weighted by Gasteiger charge is -2.11. The maximum Gasteiger partial charge on any atom is 0.216 e. The molecule has 27 heavy (non-hydrogen) atoms. The summed E-state index contributed by atoms with van der Waals surface area (Å²) in [6.45, 7) is 2.27. The van der Waals surface area contributed by atoms with Crippen LogP contribution < -0.4 is 4.74 Å². The highest BCUT2D eigenvalue weighted by molar-refractivity contribution is 7.95. The molecule has 0 aliphatic carbocycles. The molecule has 4 nitrogen and oxygen atoms in total. The van der Waals surface area contributed by atoms with Crippen molar-refractivity contribution in [3.05, 3.63) is 76.2 Å². The van der Waals surface area contributed by atoms with Gasteiger partial charge in [-0.2, -0.15) is 5.26 Å². The Morgan fingerprint density at radius 2 is 1.81 bits per heavy atom. The van der Waals surface area contributed by atoms with E-state index >= 15 is 0 Å². The number of fused-ring (bicyclic) bond motifs is 1. The van der Waals surface area contributed by atoms with Gasteiger partial charge in [-0.15, -0.1) is 0 Å². The molecule has 0 bridgehead atoms. The van der Waals surface area contributed by atoms with E-state index in [4.69, 9.17) is 16.3 Å². The Kier molecular flexibility index (Phi) is 5.50. The predicted molar refractivity (Wildman–Crippen MR) is 107 cm³/mol. The van der Waals surface area contributed by atoms with E-state index in [0.29, 0.717) is 22.9 Å². The summed E-state index contributed by atoms with van der Waals surface area (Å²) >= 11 is 5.83. The number of halogens is 1. The Hall–Kier alpha value is -2.81. The van der Waals surface area contributed by atoms with E-state index in [0.717, 1.165) is 10.8 Å². The molecule has 0 fully saturated rings. The summed E-state index contributed by atoms with van der Waals surface area (Å²) in [5, 5.41) is 11.7. The summed E-state index contributed by atoms with van der Waals surface area (Å²) in [4.78, 5) is -0.347. The molecule has 0 radical (unpaired) electrons. The Balaban J connectivity index is 2.23. The van der Waals surface area contributed by atoms with E-state index in [1.807, 2.05) is 43.3 Å². The first-order valence-corrected chi connectivity index (χ1v) is 10.1. The van der Waals surface area contributed by atoms with Gasteiger partial charge < -0.3 is 4.74 Å². The van der Waals surface area contributed by atoms with Gasteiger partial charge in [-0.3, -0.25) is 0 Å². The van der Waals surface area contributed by atoms with Crippen LogP contribution in [0.5, 0.6) is 5.75 Å². The number of sulfone groups is 1. The zero-order valence-electron chi connectivity index (χ0n) is 14.5. The zero-order chi connectivity index (χ0) is 19.4. The van der Waals surface area contributed by atoms with Crippen molar-refractivity contribution in [1.82, 2.24) is 0 Å². The second-order valence-electron chi connectivity index (χ2n) is 5.71. The summed E-state index contributed by atoms with van der Waals surface area (Å²) in [7, 11) is -3.98. The van der Waals surface area contributed by atoms with Crippen molar-refractivity contribution in [2.45, 2.75) is 11.8 Å². The first-order chi connectivity index (χ1) is 13.0. The lowest BCUT2D eigenvalue weighted by Crippen LogP contribution is -2.04. The van der Waals surface area contributed by atoms with Crippen LogP contribution in [0.4, 0.5) is 0 Å². The van der Waals surface area contributed by atoms with Gasteiger partial charge in [0.2, 0.25) is 9.84 Å². The van der Waals surface area contributed by atoms with Crippen LogP contribution >= 0.6 is 11.6 Å². The van der Waals surface area contributed by atoms with Crippen LogP contribution in [0.15, 0.2) is 70.5 Å². The normalized spacial score (nSPS) is 12.0. The molecule has 0 spiro atoms. The van der Waals surface area contributed by atoms with E-state index in [1.165, 1.54) is 30.3 Å². The quantitative estimate of drug-likeness (QED) is 0.553. The Morgan fingerprint density at radius 1 is 1.11 bits per heavy atom. The highest BCUT2D eigenvalue weighted by Crippen LogP contribution is 2.32. The Bertz CT molecular complexity index is 1160. The number of nitrogens with zero attached hydrogens (tertiary/aromatic N) is 1. The van der Waals surface area contributed by atoms with Gasteiger partial charge in [-0.25, -0.2) is 8.42 Å². The molecule has 6 heteroatoms. The van der Waals surface area contributed by atoms with Crippen LogP contribution in [0, 0.1) is 11.3 Å². The molecule has 0 amide bonds. The fraction of sp³-hybridized carbons (Fsp3) is 0.0952. The third kappa shape index (κ3) is 3.82. The predicted octanol–water partition coefficient (Wildman–Crippen LogP) is 5.23. The second kappa shape index (κ2) is 7.83. The topological polar surface area (TPSA) is 67.2 Å². The third-order valence-corrected chi connectivity index (χ3v) is 5.96. The van der Waals surface area contributed by atoms with Gasteiger partial charge in [0, 0.05) is 10.6 Å². The molecule has 3 aromatic carbocycles. The number of hydrogen-bond donors (Lipinski definition) is 0. The van der Waals surface area contributed by atoms with Crippen molar-refractivity contribution in [1.29, 1.82) is 5.26 Å². The lowest BCUT2D eigenvalue weighted by atomic mass is 10.0. The van der Waals surface area contributed by atoms with Gasteiger partial charge in [0.25, 0.3) is 0 Å². The first kappa shape index (κ1) is 19.0. The Labute approximate surface area is 163 Å². The van der Waals surface area contributed by atoms with E-state index in [9.17, 15) is 13.7 Å². The molecule has 0 heterocycles. The molecule has 0 saturated heterocycles. The lowest BCUT2D eigenvalue weighted by molar-refractivity contribution is 0.340. The van der Waals surface area contributed by atoms with E-state index in [1.54, 1.807) is 6.07 Å². The minimum absolute atomic E-state index is 0.0119. The minimum atomic E-state index is -3.98. The van der Waals surface area contributed by atoms with Crippen LogP contribution in [-0.4, -0.2) is 15.0 Å². The van der Waals surface area contributed by atoms with Crippen LogP contribution in [0.25, 0.3) is 16.8 Å². The highest BCUT2D eigenvalue weighted by Gasteiger charge is 2.22. The molecule has 3 rings (SSSR count). The molecule has 0 atom stereocenters. The summed E-state index contributed by atoms with van der Waals surface area (Å²) < 4.78 is 31.5. The molecule has 0 aliphatic rings. The summed E-state index contributed by atoms with van der Waals surface area (Å²) in [6.07, 6.45) is 1.37. The second-order valence-corrected chi connectivity index (χ2v) is 8.06. The molecule has 0 unspecified atom stereocenters. The summed E-state index contributed by atoms with van der Waals surface area (Å²) in [6, 6.07) is 18.8. The van der Waals surface area contributed by atoms with Crippen molar-refractivity contribution in [3.8, 4) is 11.8 Å². The standard InChI is InChI=1S/C21H16ClNO3S/c1-2-26-21-12-7-15-5-3-4-6-19(15)20(21)13-18(14-23)27(24,25)17-10-8-16(22)9-11-17/h3-13H,2H2,1H3/b18-13+. The fourth-order valence-electron chi connectivity index (χ4n) is 2.75. The average Bonchev–Trinajstić information content (AvgIpc) is 2.67. The van der Waals surface area contributed by atoms with Gasteiger partial charge >= 0.3 is 0 Å². The van der Waals surface area contributed by atoms with Gasteiger partial charge in [-0.05, 0) is 54.1 Å². The molecular weight excluding hydrogens is 382 g/mol. The van der Waals surface area contributed by atoms with Gasteiger partial charge in [0.15, 0.2) is 0 Å². The number of rotatable bonds is 5. The van der Waals surface area contributed by atoms with E-state index < -0.39 is 9.84 Å². The molecule has 0 N–H and O–H groups in total. The van der Waals surface area contributed by atoms with Crippen LogP contribution in [0.2, 0.25) is 5.02 Å². The molecule has 3 aromatic rings. The number of benzene rings is 3.